The zero-order valence-corrected chi connectivity index (χ0v) is 11.9. The molecule has 0 radical (unpaired) electrons. The molecular formula is C15H20ClN3. The average Bonchev–Trinajstić information content (AvgIpc) is 2.89. The van der Waals surface area contributed by atoms with Crippen molar-refractivity contribution in [1.82, 2.24) is 14.7 Å². The van der Waals surface area contributed by atoms with Crippen LogP contribution in [0.5, 0.6) is 0 Å². The first-order valence-corrected chi connectivity index (χ1v) is 7.58. The van der Waals surface area contributed by atoms with Gasteiger partial charge in [-0.1, -0.05) is 25.3 Å². The van der Waals surface area contributed by atoms with Crippen molar-refractivity contribution in [3.63, 3.8) is 0 Å². The highest BCUT2D eigenvalue weighted by atomic mass is 35.5. The van der Waals surface area contributed by atoms with Gasteiger partial charge in [0.15, 0.2) is 0 Å². The van der Waals surface area contributed by atoms with Crippen LogP contribution in [0.1, 0.15) is 37.8 Å². The third-order valence-electron chi connectivity index (χ3n) is 4.12. The Labute approximate surface area is 119 Å². The van der Waals surface area contributed by atoms with E-state index in [0.29, 0.717) is 5.88 Å². The van der Waals surface area contributed by atoms with Crippen LogP contribution >= 0.6 is 11.6 Å². The van der Waals surface area contributed by atoms with E-state index in [9.17, 15) is 0 Å². The number of hydrogen-bond donors (Lipinski definition) is 1. The lowest BCUT2D eigenvalue weighted by molar-refractivity contribution is 0.255. The van der Waals surface area contributed by atoms with Gasteiger partial charge in [0.25, 0.3) is 0 Å². The molecule has 0 amide bonds. The van der Waals surface area contributed by atoms with E-state index in [4.69, 9.17) is 11.6 Å². The fourth-order valence-corrected chi connectivity index (χ4v) is 3.30. The zero-order chi connectivity index (χ0) is 13.1. The SMILES string of the molecule is ClCC1(NCc2cn3ccccc3n2)CCCCC1. The van der Waals surface area contributed by atoms with Crippen molar-refractivity contribution < 1.29 is 0 Å². The van der Waals surface area contributed by atoms with Crippen LogP contribution in [0.15, 0.2) is 30.6 Å². The summed E-state index contributed by atoms with van der Waals surface area (Å²) in [6.07, 6.45) is 10.4. The van der Waals surface area contributed by atoms with Crippen LogP contribution in [0, 0.1) is 0 Å². The van der Waals surface area contributed by atoms with E-state index in [1.54, 1.807) is 0 Å². The van der Waals surface area contributed by atoms with Gasteiger partial charge in [-0.15, -0.1) is 11.6 Å². The van der Waals surface area contributed by atoms with Gasteiger partial charge in [-0.25, -0.2) is 4.98 Å². The Balaban J connectivity index is 1.70. The van der Waals surface area contributed by atoms with Crippen molar-refractivity contribution in [2.75, 3.05) is 5.88 Å². The minimum atomic E-state index is 0.121. The van der Waals surface area contributed by atoms with Gasteiger partial charge >= 0.3 is 0 Å². The van der Waals surface area contributed by atoms with Crippen LogP contribution in [-0.4, -0.2) is 20.8 Å². The summed E-state index contributed by atoms with van der Waals surface area (Å²) < 4.78 is 2.06. The van der Waals surface area contributed by atoms with E-state index in [0.717, 1.165) is 17.9 Å². The summed E-state index contributed by atoms with van der Waals surface area (Å²) in [4.78, 5) is 4.62. The van der Waals surface area contributed by atoms with Gasteiger partial charge in [-0.05, 0) is 25.0 Å². The summed E-state index contributed by atoms with van der Waals surface area (Å²) in [5.74, 6) is 0.695. The maximum Gasteiger partial charge on any atom is 0.137 e. The summed E-state index contributed by atoms with van der Waals surface area (Å²) in [7, 11) is 0. The molecule has 1 saturated carbocycles. The number of rotatable bonds is 4. The topological polar surface area (TPSA) is 29.3 Å². The summed E-state index contributed by atoms with van der Waals surface area (Å²) in [5.41, 5.74) is 2.21. The molecule has 19 heavy (non-hydrogen) atoms. The smallest absolute Gasteiger partial charge is 0.137 e. The molecule has 0 atom stereocenters. The van der Waals surface area contributed by atoms with Crippen molar-refractivity contribution in [2.45, 2.75) is 44.2 Å². The number of fused-ring (bicyclic) bond motifs is 1. The van der Waals surface area contributed by atoms with Crippen molar-refractivity contribution >= 4 is 17.2 Å². The van der Waals surface area contributed by atoms with Crippen molar-refractivity contribution in [3.8, 4) is 0 Å². The lowest BCUT2D eigenvalue weighted by Crippen LogP contribution is -2.48. The Morgan fingerprint density at radius 2 is 2.11 bits per heavy atom. The van der Waals surface area contributed by atoms with Crippen LogP contribution in [0.3, 0.4) is 0 Å². The van der Waals surface area contributed by atoms with Gasteiger partial charge in [0, 0.05) is 30.4 Å². The molecule has 1 aliphatic carbocycles. The molecule has 0 bridgehead atoms. The summed E-state index contributed by atoms with van der Waals surface area (Å²) in [6, 6.07) is 6.07. The van der Waals surface area contributed by atoms with Gasteiger partial charge in [-0.2, -0.15) is 0 Å². The lowest BCUT2D eigenvalue weighted by Gasteiger charge is -2.36. The molecule has 0 saturated heterocycles. The molecule has 2 aromatic heterocycles. The monoisotopic (exact) mass is 277 g/mol. The highest BCUT2D eigenvalue weighted by Crippen LogP contribution is 2.29. The molecule has 0 aliphatic heterocycles. The molecule has 1 N–H and O–H groups in total. The maximum atomic E-state index is 6.19. The Hall–Kier alpha value is -1.06. The predicted molar refractivity (Wildman–Crippen MR) is 78.6 cm³/mol. The number of aromatic nitrogens is 2. The minimum absolute atomic E-state index is 0.121. The first-order valence-electron chi connectivity index (χ1n) is 7.05. The number of nitrogens with zero attached hydrogens (tertiary/aromatic N) is 2. The first kappa shape index (κ1) is 12.9. The third kappa shape index (κ3) is 2.77. The number of hydrogen-bond acceptors (Lipinski definition) is 2. The Morgan fingerprint density at radius 1 is 1.26 bits per heavy atom. The van der Waals surface area contributed by atoms with E-state index in [1.807, 2.05) is 24.4 Å². The van der Waals surface area contributed by atoms with Crippen LogP contribution in [0.25, 0.3) is 5.65 Å². The molecule has 0 spiro atoms. The Bertz CT molecular complexity index is 510. The van der Waals surface area contributed by atoms with Crippen LogP contribution in [-0.2, 0) is 6.54 Å². The van der Waals surface area contributed by atoms with Gasteiger partial charge in [0.2, 0.25) is 0 Å². The quantitative estimate of drug-likeness (QED) is 0.869. The van der Waals surface area contributed by atoms with E-state index in [-0.39, 0.29) is 5.54 Å². The van der Waals surface area contributed by atoms with Gasteiger partial charge in [0.05, 0.1) is 5.69 Å². The standard InChI is InChI=1S/C15H20ClN3/c16-12-15(7-3-1-4-8-15)17-10-13-11-19-9-5-2-6-14(19)18-13/h2,5-6,9,11,17H,1,3-4,7-8,10,12H2. The Kier molecular flexibility index (Phi) is 3.76. The van der Waals surface area contributed by atoms with Crippen molar-refractivity contribution in [2.24, 2.45) is 0 Å². The molecule has 2 heterocycles. The van der Waals surface area contributed by atoms with Crippen LogP contribution in [0.2, 0.25) is 0 Å². The second-order valence-electron chi connectivity index (χ2n) is 5.53. The van der Waals surface area contributed by atoms with E-state index in [2.05, 4.69) is 20.9 Å². The van der Waals surface area contributed by atoms with Crippen molar-refractivity contribution in [3.05, 3.63) is 36.3 Å². The normalized spacial score (nSPS) is 18.8. The van der Waals surface area contributed by atoms with Gasteiger partial charge in [-0.3, -0.25) is 0 Å². The molecule has 2 aromatic rings. The van der Waals surface area contributed by atoms with Crippen molar-refractivity contribution in [1.29, 1.82) is 0 Å². The fourth-order valence-electron chi connectivity index (χ4n) is 2.94. The predicted octanol–water partition coefficient (Wildman–Crippen LogP) is 3.37. The van der Waals surface area contributed by atoms with E-state index >= 15 is 0 Å². The van der Waals surface area contributed by atoms with Crippen LogP contribution in [0.4, 0.5) is 0 Å². The fraction of sp³-hybridized carbons (Fsp3) is 0.533. The largest absolute Gasteiger partial charge is 0.307 e. The molecule has 4 heteroatoms. The maximum absolute atomic E-state index is 6.19. The highest BCUT2D eigenvalue weighted by molar-refractivity contribution is 6.18. The molecule has 0 unspecified atom stereocenters. The minimum Gasteiger partial charge on any atom is -0.307 e. The van der Waals surface area contributed by atoms with Gasteiger partial charge in [0.1, 0.15) is 5.65 Å². The Morgan fingerprint density at radius 3 is 2.84 bits per heavy atom. The number of alkyl halides is 1. The molecule has 0 aromatic carbocycles. The van der Waals surface area contributed by atoms with Crippen LogP contribution < -0.4 is 5.32 Å². The number of pyridine rings is 1. The first-order chi connectivity index (χ1) is 9.31. The lowest BCUT2D eigenvalue weighted by atomic mass is 9.83. The molecule has 102 valence electrons. The summed E-state index contributed by atoms with van der Waals surface area (Å²) in [6.45, 7) is 0.800. The highest BCUT2D eigenvalue weighted by Gasteiger charge is 2.30. The second-order valence-corrected chi connectivity index (χ2v) is 5.79. The average molecular weight is 278 g/mol. The molecule has 1 aliphatic rings. The summed E-state index contributed by atoms with van der Waals surface area (Å²) in [5, 5.41) is 3.65. The van der Waals surface area contributed by atoms with E-state index in [1.165, 1.54) is 32.1 Å². The molecule has 3 nitrogen and oxygen atoms in total. The van der Waals surface area contributed by atoms with Gasteiger partial charge < -0.3 is 9.72 Å². The molecule has 3 rings (SSSR count). The van der Waals surface area contributed by atoms with E-state index < -0.39 is 0 Å². The number of halogens is 1. The number of imidazole rings is 1. The zero-order valence-electron chi connectivity index (χ0n) is 11.1. The third-order valence-corrected chi connectivity index (χ3v) is 4.64. The second kappa shape index (κ2) is 5.51. The molecular weight excluding hydrogens is 258 g/mol. The number of nitrogens with one attached hydrogen (secondary N) is 1. The molecule has 1 fully saturated rings. The summed E-state index contributed by atoms with van der Waals surface area (Å²) >= 11 is 6.19.